The minimum absolute atomic E-state index is 0.0115. The lowest BCUT2D eigenvalue weighted by Crippen LogP contribution is -2.08. The van der Waals surface area contributed by atoms with Crippen LogP contribution in [0.4, 0.5) is 0 Å². The Morgan fingerprint density at radius 1 is 1.33 bits per heavy atom. The topological polar surface area (TPSA) is 26.0 Å². The summed E-state index contributed by atoms with van der Waals surface area (Å²) in [5.41, 5.74) is 8.60. The van der Waals surface area contributed by atoms with Crippen LogP contribution in [0.15, 0.2) is 25.1 Å². The zero-order chi connectivity index (χ0) is 11.0. The summed E-state index contributed by atoms with van der Waals surface area (Å²) in [5, 5.41) is 2.09. The van der Waals surface area contributed by atoms with Crippen LogP contribution in [-0.2, 0) is 0 Å². The molecule has 0 bridgehead atoms. The Morgan fingerprint density at radius 3 is 2.53 bits per heavy atom. The molecule has 0 fully saturated rings. The molecule has 0 aromatic carbocycles. The van der Waals surface area contributed by atoms with Gasteiger partial charge in [0.15, 0.2) is 0 Å². The van der Waals surface area contributed by atoms with Gasteiger partial charge in [-0.05, 0) is 67.4 Å². The summed E-state index contributed by atoms with van der Waals surface area (Å²) in [5.74, 6) is 0. The van der Waals surface area contributed by atoms with Crippen LogP contribution in [-0.4, -0.2) is 0 Å². The molecule has 1 atom stereocenters. The molecule has 1 unspecified atom stereocenters. The molecule has 2 rings (SSSR count). The molecule has 0 aliphatic heterocycles. The van der Waals surface area contributed by atoms with Crippen LogP contribution < -0.4 is 5.73 Å². The molecular weight excluding hydrogens is 358 g/mol. The Morgan fingerprint density at radius 2 is 2.07 bits per heavy atom. The molecule has 2 N–H and O–H groups in total. The highest BCUT2D eigenvalue weighted by molar-refractivity contribution is 9.11. The van der Waals surface area contributed by atoms with E-state index in [1.165, 1.54) is 19.8 Å². The number of hydrogen-bond acceptors (Lipinski definition) is 3. The monoisotopic (exact) mass is 365 g/mol. The maximum Gasteiger partial charge on any atom is 0.0731 e. The lowest BCUT2D eigenvalue weighted by atomic mass is 10.1. The van der Waals surface area contributed by atoms with Gasteiger partial charge >= 0.3 is 0 Å². The van der Waals surface area contributed by atoms with Crippen molar-refractivity contribution < 1.29 is 0 Å². The molecule has 2 aromatic rings. The SMILES string of the molecule is Cc1cc(C(N)c2csc(Br)c2)sc1Br. The van der Waals surface area contributed by atoms with Crippen molar-refractivity contribution in [3.05, 3.63) is 41.1 Å². The Bertz CT molecular complexity index is 456. The van der Waals surface area contributed by atoms with Gasteiger partial charge in [0, 0.05) is 4.88 Å². The number of rotatable bonds is 2. The van der Waals surface area contributed by atoms with Gasteiger partial charge in [0.25, 0.3) is 0 Å². The molecule has 80 valence electrons. The van der Waals surface area contributed by atoms with E-state index in [1.807, 2.05) is 0 Å². The van der Waals surface area contributed by atoms with Crippen molar-refractivity contribution in [3.63, 3.8) is 0 Å². The van der Waals surface area contributed by atoms with E-state index in [9.17, 15) is 0 Å². The predicted octanol–water partition coefficient (Wildman–Crippen LogP) is 4.69. The highest BCUT2D eigenvalue weighted by Crippen LogP contribution is 2.35. The highest BCUT2D eigenvalue weighted by atomic mass is 79.9. The molecule has 0 spiro atoms. The van der Waals surface area contributed by atoms with E-state index in [2.05, 4.69) is 56.3 Å². The van der Waals surface area contributed by atoms with Crippen LogP contribution in [0, 0.1) is 6.92 Å². The van der Waals surface area contributed by atoms with Crippen LogP contribution in [0.2, 0.25) is 0 Å². The first-order valence-electron chi connectivity index (χ1n) is 4.33. The van der Waals surface area contributed by atoms with Crippen LogP contribution >= 0.6 is 54.5 Å². The third kappa shape index (κ3) is 2.53. The molecule has 1 nitrogen and oxygen atoms in total. The summed E-state index contributed by atoms with van der Waals surface area (Å²) < 4.78 is 2.29. The largest absolute Gasteiger partial charge is 0.320 e. The standard InChI is InChI=1S/C10H9Br2NS2/c1-5-2-7(15-10(5)12)9(13)6-3-8(11)14-4-6/h2-4,9H,13H2,1H3. The van der Waals surface area contributed by atoms with Crippen molar-refractivity contribution in [1.29, 1.82) is 0 Å². The lowest BCUT2D eigenvalue weighted by molar-refractivity contribution is 0.898. The quantitative estimate of drug-likeness (QED) is 0.819. The van der Waals surface area contributed by atoms with Crippen molar-refractivity contribution in [3.8, 4) is 0 Å². The fourth-order valence-corrected chi connectivity index (χ4v) is 4.10. The van der Waals surface area contributed by atoms with Crippen LogP contribution in [0.5, 0.6) is 0 Å². The van der Waals surface area contributed by atoms with Crippen LogP contribution in [0.25, 0.3) is 0 Å². The van der Waals surface area contributed by atoms with Crippen molar-refractivity contribution >= 4 is 54.5 Å². The van der Waals surface area contributed by atoms with Gasteiger partial charge in [-0.25, -0.2) is 0 Å². The molecular formula is C10H9Br2NS2. The fourth-order valence-electron chi connectivity index (χ4n) is 1.29. The third-order valence-electron chi connectivity index (χ3n) is 2.13. The maximum atomic E-state index is 6.19. The van der Waals surface area contributed by atoms with Gasteiger partial charge in [-0.1, -0.05) is 0 Å². The average Bonchev–Trinajstić information content (AvgIpc) is 2.74. The van der Waals surface area contributed by atoms with E-state index in [4.69, 9.17) is 5.73 Å². The third-order valence-corrected chi connectivity index (χ3v) is 5.87. The average molecular weight is 367 g/mol. The van der Waals surface area contributed by atoms with Gasteiger partial charge in [-0.2, -0.15) is 0 Å². The van der Waals surface area contributed by atoms with Gasteiger partial charge in [0.2, 0.25) is 0 Å². The Balaban J connectivity index is 2.31. The molecule has 0 saturated heterocycles. The van der Waals surface area contributed by atoms with E-state index >= 15 is 0 Å². The Hall–Kier alpha value is 0.320. The van der Waals surface area contributed by atoms with E-state index in [0.29, 0.717) is 0 Å². The highest BCUT2D eigenvalue weighted by Gasteiger charge is 2.14. The normalized spacial score (nSPS) is 13.1. The first-order valence-corrected chi connectivity index (χ1v) is 7.61. The number of thiophene rings is 2. The van der Waals surface area contributed by atoms with E-state index in [0.717, 1.165) is 3.79 Å². The fraction of sp³-hybridized carbons (Fsp3) is 0.200. The van der Waals surface area contributed by atoms with E-state index in [1.54, 1.807) is 22.7 Å². The summed E-state index contributed by atoms with van der Waals surface area (Å²) in [6, 6.07) is 4.21. The molecule has 0 aliphatic carbocycles. The molecule has 0 radical (unpaired) electrons. The lowest BCUT2D eigenvalue weighted by Gasteiger charge is -2.06. The number of nitrogens with two attached hydrogens (primary N) is 1. The Labute approximate surface area is 114 Å². The summed E-state index contributed by atoms with van der Waals surface area (Å²) in [4.78, 5) is 1.20. The van der Waals surface area contributed by atoms with E-state index < -0.39 is 0 Å². The van der Waals surface area contributed by atoms with Crippen LogP contribution in [0.1, 0.15) is 22.0 Å². The van der Waals surface area contributed by atoms with Gasteiger partial charge < -0.3 is 5.73 Å². The molecule has 5 heteroatoms. The first-order chi connectivity index (χ1) is 7.08. The molecule has 0 amide bonds. The molecule has 15 heavy (non-hydrogen) atoms. The molecule has 2 aromatic heterocycles. The number of hydrogen-bond donors (Lipinski definition) is 1. The molecule has 0 saturated carbocycles. The smallest absolute Gasteiger partial charge is 0.0731 e. The van der Waals surface area contributed by atoms with Crippen molar-refractivity contribution in [2.24, 2.45) is 5.73 Å². The van der Waals surface area contributed by atoms with Crippen LogP contribution in [0.3, 0.4) is 0 Å². The second kappa shape index (κ2) is 4.67. The minimum Gasteiger partial charge on any atom is -0.320 e. The van der Waals surface area contributed by atoms with Gasteiger partial charge in [0.05, 0.1) is 13.6 Å². The summed E-state index contributed by atoms with van der Waals surface area (Å²) >= 11 is 10.3. The summed E-state index contributed by atoms with van der Waals surface area (Å²) in [7, 11) is 0. The van der Waals surface area contributed by atoms with Gasteiger partial charge in [-0.15, -0.1) is 22.7 Å². The zero-order valence-corrected chi connectivity index (χ0v) is 12.8. The number of aryl methyl sites for hydroxylation is 1. The van der Waals surface area contributed by atoms with Crippen molar-refractivity contribution in [1.82, 2.24) is 0 Å². The van der Waals surface area contributed by atoms with Gasteiger partial charge in [0.1, 0.15) is 0 Å². The summed E-state index contributed by atoms with van der Waals surface area (Å²) in [6.45, 7) is 2.08. The maximum absolute atomic E-state index is 6.19. The molecule has 0 aliphatic rings. The first kappa shape index (κ1) is 11.8. The van der Waals surface area contributed by atoms with Crippen molar-refractivity contribution in [2.45, 2.75) is 13.0 Å². The molecule has 2 heterocycles. The second-order valence-corrected chi connectivity index (χ2v) is 7.96. The predicted molar refractivity (Wildman–Crippen MR) is 74.8 cm³/mol. The zero-order valence-electron chi connectivity index (χ0n) is 7.96. The minimum atomic E-state index is -0.0115. The number of halogens is 2. The second-order valence-electron chi connectivity index (χ2n) is 3.27. The summed E-state index contributed by atoms with van der Waals surface area (Å²) in [6.07, 6.45) is 0. The van der Waals surface area contributed by atoms with Crippen molar-refractivity contribution in [2.75, 3.05) is 0 Å². The van der Waals surface area contributed by atoms with Gasteiger partial charge in [-0.3, -0.25) is 0 Å². The Kier molecular flexibility index (Phi) is 3.67. The van der Waals surface area contributed by atoms with E-state index in [-0.39, 0.29) is 6.04 Å².